The summed E-state index contributed by atoms with van der Waals surface area (Å²) in [7, 11) is 1.55. The maximum atomic E-state index is 12.2. The molecule has 3 aromatic carbocycles. The predicted octanol–water partition coefficient (Wildman–Crippen LogP) is 5.36. The number of carbonyl (C=O) groups excluding carboxylic acids is 1. The Morgan fingerprint density at radius 3 is 2.29 bits per heavy atom. The molecule has 0 bridgehead atoms. The third-order valence-electron chi connectivity index (χ3n) is 6.59. The number of phenols is 1. The van der Waals surface area contributed by atoms with Crippen molar-refractivity contribution in [2.24, 2.45) is 0 Å². The van der Waals surface area contributed by atoms with Crippen molar-refractivity contribution in [1.82, 2.24) is 10.2 Å². The number of hydrogen-bond donors (Lipinski definition) is 2. The molecular weight excluding hydrogens is 476 g/mol. The van der Waals surface area contributed by atoms with Crippen LogP contribution in [0.3, 0.4) is 0 Å². The van der Waals surface area contributed by atoms with Crippen molar-refractivity contribution in [3.8, 4) is 11.5 Å². The van der Waals surface area contributed by atoms with E-state index in [4.69, 9.17) is 9.47 Å². The number of carbonyl (C=O) groups is 1. The van der Waals surface area contributed by atoms with Gasteiger partial charge in [0.25, 0.3) is 0 Å². The van der Waals surface area contributed by atoms with Crippen molar-refractivity contribution in [2.45, 2.75) is 25.0 Å². The lowest BCUT2D eigenvalue weighted by atomic mass is 10.00. The molecule has 3 aromatic rings. The van der Waals surface area contributed by atoms with E-state index in [1.165, 1.54) is 17.2 Å². The summed E-state index contributed by atoms with van der Waals surface area (Å²) in [5, 5.41) is 12.7. The standard InChI is InChI=1S/C32H36N2O4/c1-37-30-23-25(22-28(35)24-30)10-8-9-15-31(36)33-18-21-34-19-16-29(17-20-34)38-32(26-11-4-2-5-12-26)27-13-6-3-7-14-27/h2-15,22-24,29,32,35H,16-21H2,1H3,(H,33,36)/b10-8+,15-9+. The van der Waals surface area contributed by atoms with Gasteiger partial charge in [-0.25, -0.2) is 0 Å². The highest BCUT2D eigenvalue weighted by Crippen LogP contribution is 2.30. The van der Waals surface area contributed by atoms with Crippen LogP contribution < -0.4 is 10.1 Å². The quantitative estimate of drug-likeness (QED) is 0.268. The van der Waals surface area contributed by atoms with Crippen molar-refractivity contribution in [3.63, 3.8) is 0 Å². The van der Waals surface area contributed by atoms with Crippen LogP contribution in [0.2, 0.25) is 0 Å². The van der Waals surface area contributed by atoms with Gasteiger partial charge in [0.15, 0.2) is 0 Å². The molecule has 1 fully saturated rings. The molecule has 0 aromatic heterocycles. The predicted molar refractivity (Wildman–Crippen MR) is 151 cm³/mol. The number of likely N-dealkylation sites (tertiary alicyclic amines) is 1. The Labute approximate surface area is 225 Å². The van der Waals surface area contributed by atoms with Crippen LogP contribution in [0.5, 0.6) is 11.5 Å². The van der Waals surface area contributed by atoms with Gasteiger partial charge in [0.1, 0.15) is 17.6 Å². The van der Waals surface area contributed by atoms with E-state index in [9.17, 15) is 9.90 Å². The van der Waals surface area contributed by atoms with E-state index >= 15 is 0 Å². The molecule has 0 saturated carbocycles. The van der Waals surface area contributed by atoms with Crippen molar-refractivity contribution < 1.29 is 19.4 Å². The Kier molecular flexibility index (Phi) is 10.1. The zero-order chi connectivity index (χ0) is 26.6. The second-order valence-electron chi connectivity index (χ2n) is 9.35. The first kappa shape index (κ1) is 27.2. The van der Waals surface area contributed by atoms with Gasteiger partial charge < -0.3 is 24.8 Å². The van der Waals surface area contributed by atoms with Crippen LogP contribution in [0, 0.1) is 0 Å². The largest absolute Gasteiger partial charge is 0.508 e. The smallest absolute Gasteiger partial charge is 0.244 e. The van der Waals surface area contributed by atoms with Gasteiger partial charge in [0.2, 0.25) is 5.91 Å². The lowest BCUT2D eigenvalue weighted by Crippen LogP contribution is -2.41. The summed E-state index contributed by atoms with van der Waals surface area (Å²) >= 11 is 0. The first-order chi connectivity index (χ1) is 18.6. The maximum Gasteiger partial charge on any atom is 0.244 e. The van der Waals surface area contributed by atoms with Crippen molar-refractivity contribution in [2.75, 3.05) is 33.3 Å². The first-order valence-corrected chi connectivity index (χ1v) is 13.1. The van der Waals surface area contributed by atoms with Gasteiger partial charge in [-0.3, -0.25) is 4.79 Å². The molecule has 4 rings (SSSR count). The van der Waals surface area contributed by atoms with E-state index in [0.29, 0.717) is 12.3 Å². The van der Waals surface area contributed by atoms with Gasteiger partial charge in [-0.1, -0.05) is 78.9 Å². The van der Waals surface area contributed by atoms with Crippen LogP contribution >= 0.6 is 0 Å². The molecule has 0 spiro atoms. The molecule has 1 aliphatic rings. The van der Waals surface area contributed by atoms with Crippen molar-refractivity contribution >= 4 is 12.0 Å². The van der Waals surface area contributed by atoms with Crippen molar-refractivity contribution in [3.05, 3.63) is 114 Å². The molecule has 2 N–H and O–H groups in total. The number of nitrogens with one attached hydrogen (secondary N) is 1. The Morgan fingerprint density at radius 1 is 1.00 bits per heavy atom. The normalized spacial score (nSPS) is 14.9. The highest BCUT2D eigenvalue weighted by Gasteiger charge is 2.24. The number of methoxy groups -OCH3 is 1. The average molecular weight is 513 g/mol. The van der Waals surface area contributed by atoms with Crippen LogP contribution in [-0.4, -0.2) is 55.3 Å². The van der Waals surface area contributed by atoms with Gasteiger partial charge in [-0.15, -0.1) is 0 Å². The lowest BCUT2D eigenvalue weighted by molar-refractivity contribution is -0.116. The molecule has 6 nitrogen and oxygen atoms in total. The third-order valence-corrected chi connectivity index (χ3v) is 6.59. The monoisotopic (exact) mass is 512 g/mol. The fourth-order valence-electron chi connectivity index (χ4n) is 4.59. The molecule has 1 heterocycles. The number of aromatic hydroxyl groups is 1. The highest BCUT2D eigenvalue weighted by molar-refractivity contribution is 5.87. The summed E-state index contributed by atoms with van der Waals surface area (Å²) in [4.78, 5) is 14.5. The molecule has 1 amide bonds. The summed E-state index contributed by atoms with van der Waals surface area (Å²) in [6, 6.07) is 25.8. The van der Waals surface area contributed by atoms with Gasteiger partial charge in [-0.2, -0.15) is 0 Å². The summed E-state index contributed by atoms with van der Waals surface area (Å²) in [6.07, 6.45) is 8.82. The number of amides is 1. The Hall–Kier alpha value is -3.87. The number of benzene rings is 3. The van der Waals surface area contributed by atoms with Crippen LogP contribution in [0.1, 0.15) is 35.6 Å². The van der Waals surface area contributed by atoms with Crippen LogP contribution in [0.15, 0.2) is 97.1 Å². The zero-order valence-electron chi connectivity index (χ0n) is 21.8. The SMILES string of the molecule is COc1cc(O)cc(/C=C/C=C/C(=O)NCCN2CCC(OC(c3ccccc3)c3ccccc3)CC2)c1. The average Bonchev–Trinajstić information content (AvgIpc) is 2.95. The number of allylic oxidation sites excluding steroid dienone is 2. The molecule has 1 aliphatic heterocycles. The fraction of sp³-hybridized carbons (Fsp3) is 0.281. The van der Waals surface area contributed by atoms with Crippen molar-refractivity contribution in [1.29, 1.82) is 0 Å². The molecular formula is C32H36N2O4. The minimum Gasteiger partial charge on any atom is -0.508 e. The Balaban J connectivity index is 1.18. The van der Waals surface area contributed by atoms with Gasteiger partial charge in [0.05, 0.1) is 13.2 Å². The molecule has 1 saturated heterocycles. The molecule has 0 unspecified atom stereocenters. The number of ether oxygens (including phenoxy) is 2. The number of phenolic OH excluding ortho intramolecular Hbond substituents is 1. The first-order valence-electron chi connectivity index (χ1n) is 13.1. The minimum atomic E-state index is -0.130. The molecule has 38 heavy (non-hydrogen) atoms. The summed E-state index contributed by atoms with van der Waals surface area (Å²) in [5.41, 5.74) is 3.14. The molecule has 0 radical (unpaired) electrons. The van der Waals surface area contributed by atoms with E-state index in [2.05, 4.69) is 58.7 Å². The van der Waals surface area contributed by atoms with E-state index in [0.717, 1.165) is 38.0 Å². The zero-order valence-corrected chi connectivity index (χ0v) is 21.8. The minimum absolute atomic E-state index is 0.0660. The summed E-state index contributed by atoms with van der Waals surface area (Å²) in [6.45, 7) is 3.30. The van der Waals surface area contributed by atoms with Crippen LogP contribution in [0.4, 0.5) is 0 Å². The third kappa shape index (κ3) is 8.33. The molecule has 0 aliphatic carbocycles. The van der Waals surface area contributed by atoms with Gasteiger partial charge in [0, 0.05) is 38.3 Å². The molecule has 0 atom stereocenters. The Bertz CT molecular complexity index is 1160. The molecule has 198 valence electrons. The second-order valence-corrected chi connectivity index (χ2v) is 9.35. The second kappa shape index (κ2) is 14.2. The topological polar surface area (TPSA) is 71.0 Å². The summed E-state index contributed by atoms with van der Waals surface area (Å²) < 4.78 is 11.8. The van der Waals surface area contributed by atoms with Gasteiger partial charge >= 0.3 is 0 Å². The highest BCUT2D eigenvalue weighted by atomic mass is 16.5. The fourth-order valence-corrected chi connectivity index (χ4v) is 4.59. The number of nitrogens with zero attached hydrogens (tertiary/aromatic N) is 1. The van der Waals surface area contributed by atoms with Gasteiger partial charge in [-0.05, 0) is 41.7 Å². The maximum absolute atomic E-state index is 12.2. The molecule has 6 heteroatoms. The lowest BCUT2D eigenvalue weighted by Gasteiger charge is -2.34. The van der Waals surface area contributed by atoms with E-state index in [1.54, 1.807) is 37.5 Å². The Morgan fingerprint density at radius 2 is 1.66 bits per heavy atom. The summed E-state index contributed by atoms with van der Waals surface area (Å²) in [5.74, 6) is 0.581. The number of rotatable bonds is 11. The number of piperidine rings is 1. The van der Waals surface area contributed by atoms with Crippen LogP contribution in [-0.2, 0) is 9.53 Å². The van der Waals surface area contributed by atoms with E-state index in [-0.39, 0.29) is 23.9 Å². The number of hydrogen-bond acceptors (Lipinski definition) is 5. The van der Waals surface area contributed by atoms with Crippen LogP contribution in [0.25, 0.3) is 6.08 Å². The van der Waals surface area contributed by atoms with E-state index < -0.39 is 0 Å². The van der Waals surface area contributed by atoms with E-state index in [1.807, 2.05) is 18.2 Å².